The quantitative estimate of drug-likeness (QED) is 0.154. The normalized spacial score (nSPS) is 13.7. The van der Waals surface area contributed by atoms with Crippen molar-refractivity contribution < 1.29 is 34.2 Å². The summed E-state index contributed by atoms with van der Waals surface area (Å²) in [7, 11) is 4.13. The first-order valence-corrected chi connectivity index (χ1v) is 19.6. The van der Waals surface area contributed by atoms with Crippen LogP contribution in [0.5, 0.6) is 0 Å². The number of aromatic nitrogens is 3. The Bertz CT molecular complexity index is 2530. The van der Waals surface area contributed by atoms with Crippen LogP contribution in [0.4, 0.5) is 47.6 Å². The summed E-state index contributed by atoms with van der Waals surface area (Å²) < 4.78 is 37.8. The summed E-state index contributed by atoms with van der Waals surface area (Å²) >= 11 is 0. The van der Waals surface area contributed by atoms with Crippen molar-refractivity contribution in [3.8, 4) is 11.1 Å². The zero-order valence-corrected chi connectivity index (χ0v) is 36.6. The van der Waals surface area contributed by atoms with Gasteiger partial charge in [-0.15, -0.1) is 46.2 Å². The SMILES string of the molecule is CC(C)c1cc(C(C)C)c(-c2cc(N3[CH-]N(C)c4cccnc43)[c-]c(N3[CH-]N(C)c4cccnc43)c2)c(C(C)C)c1.FC(F)(F)c1ccc2[n-]c3ccccc3c2c1.[Pt+4]. The maximum absolute atomic E-state index is 12.6. The van der Waals surface area contributed by atoms with Crippen LogP contribution >= 0.6 is 0 Å². The Morgan fingerprint density at radius 1 is 0.627 bits per heavy atom. The Morgan fingerprint density at radius 3 is 1.66 bits per heavy atom. The van der Waals surface area contributed by atoms with Gasteiger partial charge in [0.2, 0.25) is 0 Å². The van der Waals surface area contributed by atoms with Gasteiger partial charge in [-0.25, -0.2) is 9.97 Å². The Kier molecular flexibility index (Phi) is 11.6. The van der Waals surface area contributed by atoms with Gasteiger partial charge in [-0.1, -0.05) is 90.1 Å². The number of anilines is 6. The van der Waals surface area contributed by atoms with E-state index in [0.717, 1.165) is 57.4 Å². The molecule has 3 aromatic heterocycles. The van der Waals surface area contributed by atoms with Crippen LogP contribution in [0, 0.1) is 19.4 Å². The van der Waals surface area contributed by atoms with E-state index in [0.29, 0.717) is 28.7 Å². The molecule has 7 aromatic rings. The standard InChI is InChI=1S/C35H39N6.C13H7F3N.Pt/c1-22(2)25-17-29(23(3)4)33(30(18-25)24(5)6)26-15-27(40-20-38(7)31-11-9-13-36-34(31)40)19-28(16-26)41-21-39(8)32-12-10-14-37-35(32)41;14-13(15,16)8-5-6-12-10(7-8)9-3-1-2-4-11(9)17-12;/h9-18,20-24H,1-8H3;1-7H;/q-3;-1;+4. The Hall–Kier alpha value is -5.34. The molecular formula is C48H46F3N7Pt. The molecule has 59 heavy (non-hydrogen) atoms. The van der Waals surface area contributed by atoms with Crippen molar-refractivity contribution in [1.82, 2.24) is 15.0 Å². The van der Waals surface area contributed by atoms with Crippen LogP contribution in [-0.2, 0) is 27.2 Å². The molecule has 0 saturated heterocycles. The largest absolute Gasteiger partial charge is 4.00 e. The number of pyridine rings is 2. The second-order valence-electron chi connectivity index (χ2n) is 15.9. The van der Waals surface area contributed by atoms with Gasteiger partial charge < -0.3 is 24.6 Å². The van der Waals surface area contributed by atoms with Crippen molar-refractivity contribution in [2.24, 2.45) is 0 Å². The molecule has 304 valence electrons. The van der Waals surface area contributed by atoms with Gasteiger partial charge in [0, 0.05) is 23.8 Å². The third-order valence-electron chi connectivity index (χ3n) is 10.9. The number of alkyl halides is 3. The number of nitrogens with zero attached hydrogens (tertiary/aromatic N) is 7. The molecule has 11 heteroatoms. The summed E-state index contributed by atoms with van der Waals surface area (Å²) in [5, 5.41) is 1.31. The molecule has 0 fully saturated rings. The molecule has 0 unspecified atom stereocenters. The molecule has 0 spiro atoms. The molecule has 2 aliphatic rings. The van der Waals surface area contributed by atoms with Crippen LogP contribution in [-0.4, -0.2) is 24.1 Å². The first-order chi connectivity index (χ1) is 27.7. The molecular weight excluding hydrogens is 927 g/mol. The average Bonchev–Trinajstić information content (AvgIpc) is 3.87. The molecule has 0 radical (unpaired) electrons. The van der Waals surface area contributed by atoms with E-state index in [2.05, 4.69) is 136 Å². The van der Waals surface area contributed by atoms with E-state index in [1.165, 1.54) is 33.9 Å². The molecule has 2 aliphatic heterocycles. The minimum Gasteiger partial charge on any atom is -0.657 e. The van der Waals surface area contributed by atoms with E-state index in [9.17, 15) is 13.2 Å². The summed E-state index contributed by atoms with van der Waals surface area (Å²) in [6.07, 6.45) is -0.608. The molecule has 7 nitrogen and oxygen atoms in total. The number of hydrogen-bond donors (Lipinski definition) is 0. The second kappa shape index (κ2) is 16.4. The molecule has 0 saturated carbocycles. The minimum absolute atomic E-state index is 0. The van der Waals surface area contributed by atoms with Crippen molar-refractivity contribution in [3.63, 3.8) is 0 Å². The summed E-state index contributed by atoms with van der Waals surface area (Å²) in [4.78, 5) is 22.3. The Morgan fingerprint density at radius 2 is 1.15 bits per heavy atom. The number of rotatable bonds is 6. The van der Waals surface area contributed by atoms with Crippen LogP contribution in [0.1, 0.15) is 81.5 Å². The van der Waals surface area contributed by atoms with Gasteiger partial charge in [-0.3, -0.25) is 0 Å². The number of hydrogen-bond acceptors (Lipinski definition) is 6. The van der Waals surface area contributed by atoms with E-state index in [1.807, 2.05) is 30.6 Å². The fourth-order valence-corrected chi connectivity index (χ4v) is 7.82. The van der Waals surface area contributed by atoms with E-state index >= 15 is 0 Å². The Labute approximate surface area is 359 Å². The van der Waals surface area contributed by atoms with Crippen molar-refractivity contribution in [2.45, 2.75) is 65.5 Å². The molecule has 0 atom stereocenters. The number of benzene rings is 4. The molecule has 0 aliphatic carbocycles. The van der Waals surface area contributed by atoms with E-state index in [1.54, 1.807) is 18.2 Å². The van der Waals surface area contributed by atoms with Gasteiger partial charge in [0.15, 0.2) is 0 Å². The van der Waals surface area contributed by atoms with E-state index in [4.69, 9.17) is 9.97 Å². The number of halogens is 3. The van der Waals surface area contributed by atoms with Crippen molar-refractivity contribution in [3.05, 3.63) is 145 Å². The number of fused-ring (bicyclic) bond motifs is 5. The van der Waals surface area contributed by atoms with Gasteiger partial charge >= 0.3 is 27.2 Å². The van der Waals surface area contributed by atoms with Crippen LogP contribution in [0.15, 0.2) is 103 Å². The second-order valence-corrected chi connectivity index (χ2v) is 15.9. The molecule has 0 N–H and O–H groups in total. The molecule has 0 amide bonds. The molecule has 9 rings (SSSR count). The van der Waals surface area contributed by atoms with Gasteiger partial charge in [-0.05, 0) is 95.2 Å². The molecule has 4 aromatic carbocycles. The van der Waals surface area contributed by atoms with Crippen LogP contribution in [0.3, 0.4) is 0 Å². The monoisotopic (exact) mass is 972 g/mol. The van der Waals surface area contributed by atoms with Crippen molar-refractivity contribution in [1.29, 1.82) is 0 Å². The smallest absolute Gasteiger partial charge is 0.657 e. The predicted octanol–water partition coefficient (Wildman–Crippen LogP) is 12.7. The van der Waals surface area contributed by atoms with Gasteiger partial charge in [0.1, 0.15) is 11.6 Å². The van der Waals surface area contributed by atoms with Gasteiger partial charge in [0.05, 0.1) is 5.56 Å². The Balaban J connectivity index is 0.000000244. The zero-order valence-electron chi connectivity index (χ0n) is 34.3. The van der Waals surface area contributed by atoms with E-state index < -0.39 is 11.7 Å². The maximum atomic E-state index is 12.6. The van der Waals surface area contributed by atoms with Crippen molar-refractivity contribution in [2.75, 3.05) is 33.7 Å². The van der Waals surface area contributed by atoms with Gasteiger partial charge in [0.25, 0.3) is 0 Å². The molecule has 0 bridgehead atoms. The maximum Gasteiger partial charge on any atom is 4.00 e. The number of para-hydroxylation sites is 1. The fraction of sp³-hybridized carbons (Fsp3) is 0.250. The van der Waals surface area contributed by atoms with E-state index in [-0.39, 0.29) is 21.1 Å². The zero-order chi connectivity index (χ0) is 41.0. The van der Waals surface area contributed by atoms with Crippen LogP contribution in [0.2, 0.25) is 0 Å². The third kappa shape index (κ3) is 7.92. The average molecular weight is 973 g/mol. The summed E-state index contributed by atoms with van der Waals surface area (Å²) in [6.45, 7) is 18.0. The molecule has 5 heterocycles. The summed E-state index contributed by atoms with van der Waals surface area (Å²) in [5.41, 5.74) is 11.4. The first-order valence-electron chi connectivity index (χ1n) is 19.6. The fourth-order valence-electron chi connectivity index (χ4n) is 7.82. The van der Waals surface area contributed by atoms with Gasteiger partial charge in [-0.2, -0.15) is 26.5 Å². The van der Waals surface area contributed by atoms with Crippen LogP contribution < -0.4 is 24.6 Å². The minimum atomic E-state index is -4.31. The summed E-state index contributed by atoms with van der Waals surface area (Å²) in [6, 6.07) is 32.1. The summed E-state index contributed by atoms with van der Waals surface area (Å²) in [5.74, 6) is 3.01. The van der Waals surface area contributed by atoms with Crippen molar-refractivity contribution >= 4 is 56.2 Å². The topological polar surface area (TPSA) is 52.8 Å². The predicted molar refractivity (Wildman–Crippen MR) is 231 cm³/mol. The van der Waals surface area contributed by atoms with Crippen LogP contribution in [0.25, 0.3) is 32.9 Å². The third-order valence-corrected chi connectivity index (χ3v) is 10.9. The first kappa shape index (κ1) is 41.8.